The van der Waals surface area contributed by atoms with Gasteiger partial charge in [-0.1, -0.05) is 6.42 Å². The van der Waals surface area contributed by atoms with E-state index in [0.29, 0.717) is 0 Å². The number of H-pyrrole nitrogens is 1. The van der Waals surface area contributed by atoms with E-state index in [2.05, 4.69) is 20.4 Å². The van der Waals surface area contributed by atoms with Crippen molar-refractivity contribution in [2.45, 2.75) is 44.2 Å². The average molecular weight is 298 g/mol. The molecule has 4 rings (SSSR count). The quantitative estimate of drug-likeness (QED) is 0.914. The van der Waals surface area contributed by atoms with E-state index in [1.807, 2.05) is 18.2 Å². The number of piperidine rings is 1. The standard InChI is InChI=1S/C17H22N4O/c22-17(12-6-7-16-13(9-12)10-18-20-16)19-14-3-2-8-21(11-14)15-4-1-5-15/h6-7,9-10,14-15H,1-5,8,11H2,(H,18,20)(H,19,22)/t14-/m1/s1. The Labute approximate surface area is 130 Å². The van der Waals surface area contributed by atoms with Crippen LogP contribution >= 0.6 is 0 Å². The summed E-state index contributed by atoms with van der Waals surface area (Å²) in [6.07, 6.45) is 8.05. The Balaban J connectivity index is 1.42. The highest BCUT2D eigenvalue weighted by molar-refractivity contribution is 5.98. The van der Waals surface area contributed by atoms with Gasteiger partial charge in [0.15, 0.2) is 0 Å². The van der Waals surface area contributed by atoms with Crippen molar-refractivity contribution >= 4 is 16.8 Å². The average Bonchev–Trinajstić information content (AvgIpc) is 2.93. The molecule has 0 radical (unpaired) electrons. The zero-order valence-corrected chi connectivity index (χ0v) is 12.7. The lowest BCUT2D eigenvalue weighted by Crippen LogP contribution is -2.52. The molecule has 22 heavy (non-hydrogen) atoms. The summed E-state index contributed by atoms with van der Waals surface area (Å²) in [4.78, 5) is 15.0. The third-order valence-corrected chi connectivity index (χ3v) is 5.08. The molecule has 1 aliphatic carbocycles. The maximum Gasteiger partial charge on any atom is 0.251 e. The van der Waals surface area contributed by atoms with Crippen molar-refractivity contribution in [3.8, 4) is 0 Å². The lowest BCUT2D eigenvalue weighted by molar-refractivity contribution is 0.0755. The van der Waals surface area contributed by atoms with Gasteiger partial charge in [0.05, 0.1) is 11.7 Å². The van der Waals surface area contributed by atoms with Crippen LogP contribution in [0, 0.1) is 0 Å². The monoisotopic (exact) mass is 298 g/mol. The summed E-state index contributed by atoms with van der Waals surface area (Å²) >= 11 is 0. The van der Waals surface area contributed by atoms with E-state index in [-0.39, 0.29) is 11.9 Å². The number of hydrogen-bond acceptors (Lipinski definition) is 3. The number of amides is 1. The Kier molecular flexibility index (Phi) is 3.58. The lowest BCUT2D eigenvalue weighted by Gasteiger charge is -2.42. The van der Waals surface area contributed by atoms with Crippen LogP contribution in [0.5, 0.6) is 0 Å². The number of hydrogen-bond donors (Lipinski definition) is 2. The van der Waals surface area contributed by atoms with Gasteiger partial charge in [0, 0.05) is 29.6 Å². The summed E-state index contributed by atoms with van der Waals surface area (Å²) in [5.74, 6) is 0.0311. The lowest BCUT2D eigenvalue weighted by atomic mass is 9.89. The molecule has 2 aliphatic rings. The molecule has 1 atom stereocenters. The molecule has 0 spiro atoms. The first-order valence-electron chi connectivity index (χ1n) is 8.27. The van der Waals surface area contributed by atoms with Crippen molar-refractivity contribution in [3.63, 3.8) is 0 Å². The zero-order chi connectivity index (χ0) is 14.9. The summed E-state index contributed by atoms with van der Waals surface area (Å²) in [6.45, 7) is 2.20. The highest BCUT2D eigenvalue weighted by Crippen LogP contribution is 2.27. The molecule has 0 bridgehead atoms. The van der Waals surface area contributed by atoms with Crippen LogP contribution in [0.4, 0.5) is 0 Å². The molecule has 1 saturated carbocycles. The van der Waals surface area contributed by atoms with Gasteiger partial charge in [-0.2, -0.15) is 5.10 Å². The molecule has 0 unspecified atom stereocenters. The molecule has 2 heterocycles. The van der Waals surface area contributed by atoms with Crippen molar-refractivity contribution < 1.29 is 4.79 Å². The van der Waals surface area contributed by atoms with Crippen LogP contribution in [0.3, 0.4) is 0 Å². The number of carbonyl (C=O) groups is 1. The highest BCUT2D eigenvalue weighted by atomic mass is 16.1. The molecule has 1 amide bonds. The van der Waals surface area contributed by atoms with Crippen LogP contribution in [-0.4, -0.2) is 46.2 Å². The molecule has 116 valence electrons. The van der Waals surface area contributed by atoms with Crippen LogP contribution in [0.15, 0.2) is 24.4 Å². The molecule has 1 aromatic heterocycles. The fraction of sp³-hybridized carbons (Fsp3) is 0.529. The highest BCUT2D eigenvalue weighted by Gasteiger charge is 2.30. The van der Waals surface area contributed by atoms with Gasteiger partial charge in [-0.3, -0.25) is 14.8 Å². The van der Waals surface area contributed by atoms with Crippen molar-refractivity contribution in [1.82, 2.24) is 20.4 Å². The number of likely N-dealkylation sites (tertiary alicyclic amines) is 1. The van der Waals surface area contributed by atoms with E-state index >= 15 is 0 Å². The Hall–Kier alpha value is -1.88. The van der Waals surface area contributed by atoms with Crippen LogP contribution in [-0.2, 0) is 0 Å². The largest absolute Gasteiger partial charge is 0.348 e. The Morgan fingerprint density at radius 2 is 2.18 bits per heavy atom. The molecule has 1 aliphatic heterocycles. The summed E-state index contributed by atoms with van der Waals surface area (Å²) in [5.41, 5.74) is 1.68. The topological polar surface area (TPSA) is 61.0 Å². The second-order valence-electron chi connectivity index (χ2n) is 6.56. The van der Waals surface area contributed by atoms with Gasteiger partial charge < -0.3 is 5.32 Å². The second kappa shape index (κ2) is 5.72. The smallest absolute Gasteiger partial charge is 0.251 e. The SMILES string of the molecule is O=C(N[C@@H]1CCCN(C2CCC2)C1)c1ccc2[nH]ncc2c1. The third-order valence-electron chi connectivity index (χ3n) is 5.08. The van der Waals surface area contributed by atoms with Gasteiger partial charge >= 0.3 is 0 Å². The van der Waals surface area contributed by atoms with Crippen molar-refractivity contribution in [2.75, 3.05) is 13.1 Å². The maximum atomic E-state index is 12.5. The van der Waals surface area contributed by atoms with Gasteiger partial charge in [-0.05, 0) is 50.4 Å². The zero-order valence-electron chi connectivity index (χ0n) is 12.7. The molecule has 1 aromatic carbocycles. The predicted molar refractivity (Wildman–Crippen MR) is 85.8 cm³/mol. The molecular weight excluding hydrogens is 276 g/mol. The summed E-state index contributed by atoms with van der Waals surface area (Å²) in [6, 6.07) is 6.73. The first kappa shape index (κ1) is 13.8. The Morgan fingerprint density at radius 1 is 1.27 bits per heavy atom. The number of nitrogens with one attached hydrogen (secondary N) is 2. The van der Waals surface area contributed by atoms with Gasteiger partial charge in [-0.25, -0.2) is 0 Å². The van der Waals surface area contributed by atoms with Gasteiger partial charge in [0.2, 0.25) is 0 Å². The van der Waals surface area contributed by atoms with E-state index in [1.54, 1.807) is 6.20 Å². The molecule has 2 N–H and O–H groups in total. The fourth-order valence-corrected chi connectivity index (χ4v) is 3.56. The van der Waals surface area contributed by atoms with E-state index in [0.717, 1.165) is 35.5 Å². The predicted octanol–water partition coefficient (Wildman–Crippen LogP) is 2.31. The number of aromatic amines is 1. The van der Waals surface area contributed by atoms with Crippen LogP contribution < -0.4 is 5.32 Å². The fourth-order valence-electron chi connectivity index (χ4n) is 3.56. The number of nitrogens with zero attached hydrogens (tertiary/aromatic N) is 2. The minimum atomic E-state index is 0.0311. The minimum absolute atomic E-state index is 0.0311. The normalized spacial score (nSPS) is 23.4. The third kappa shape index (κ3) is 2.61. The molecular formula is C17H22N4O. The van der Waals surface area contributed by atoms with Crippen molar-refractivity contribution in [2.24, 2.45) is 0 Å². The molecule has 2 fully saturated rings. The first-order valence-corrected chi connectivity index (χ1v) is 8.27. The number of aromatic nitrogens is 2. The number of rotatable bonds is 3. The van der Waals surface area contributed by atoms with Crippen LogP contribution in [0.1, 0.15) is 42.5 Å². The molecule has 5 heteroatoms. The second-order valence-corrected chi connectivity index (χ2v) is 6.56. The maximum absolute atomic E-state index is 12.5. The summed E-state index contributed by atoms with van der Waals surface area (Å²) in [7, 11) is 0. The summed E-state index contributed by atoms with van der Waals surface area (Å²) < 4.78 is 0. The van der Waals surface area contributed by atoms with E-state index in [4.69, 9.17) is 0 Å². The van der Waals surface area contributed by atoms with E-state index < -0.39 is 0 Å². The molecule has 5 nitrogen and oxygen atoms in total. The Morgan fingerprint density at radius 3 is 3.00 bits per heavy atom. The van der Waals surface area contributed by atoms with Crippen LogP contribution in [0.25, 0.3) is 10.9 Å². The van der Waals surface area contributed by atoms with Gasteiger partial charge in [0.1, 0.15) is 0 Å². The number of fused-ring (bicyclic) bond motifs is 1. The van der Waals surface area contributed by atoms with Gasteiger partial charge in [-0.15, -0.1) is 0 Å². The van der Waals surface area contributed by atoms with Gasteiger partial charge in [0.25, 0.3) is 5.91 Å². The van der Waals surface area contributed by atoms with Crippen molar-refractivity contribution in [1.29, 1.82) is 0 Å². The van der Waals surface area contributed by atoms with Crippen LogP contribution in [0.2, 0.25) is 0 Å². The molecule has 2 aromatic rings. The van der Waals surface area contributed by atoms with E-state index in [1.165, 1.54) is 32.2 Å². The first-order chi connectivity index (χ1) is 10.8. The Bertz CT molecular complexity index is 676. The number of carbonyl (C=O) groups excluding carboxylic acids is 1. The van der Waals surface area contributed by atoms with Crippen molar-refractivity contribution in [3.05, 3.63) is 30.0 Å². The number of benzene rings is 1. The summed E-state index contributed by atoms with van der Waals surface area (Å²) in [5, 5.41) is 11.1. The molecule has 1 saturated heterocycles. The minimum Gasteiger partial charge on any atom is -0.348 e. The van der Waals surface area contributed by atoms with E-state index in [9.17, 15) is 4.79 Å².